The van der Waals surface area contributed by atoms with Crippen LogP contribution >= 0.6 is 0 Å². The third-order valence-electron chi connectivity index (χ3n) is 5.19. The molecule has 6 nitrogen and oxygen atoms in total. The zero-order valence-electron chi connectivity index (χ0n) is 16.8. The Hall–Kier alpha value is -3.54. The minimum absolute atomic E-state index is 0.0160. The number of primary amides is 1. The number of nitrogens with two attached hydrogens (primary N) is 1. The van der Waals surface area contributed by atoms with Crippen molar-refractivity contribution in [2.75, 3.05) is 6.54 Å². The van der Waals surface area contributed by atoms with Crippen molar-refractivity contribution in [3.63, 3.8) is 0 Å². The van der Waals surface area contributed by atoms with E-state index in [2.05, 4.69) is 15.0 Å². The van der Waals surface area contributed by atoms with Crippen molar-refractivity contribution in [1.29, 1.82) is 0 Å². The molecule has 0 radical (unpaired) electrons. The van der Waals surface area contributed by atoms with E-state index in [0.29, 0.717) is 24.2 Å². The molecule has 172 valence electrons. The number of alkyl halides is 3. The molecule has 0 saturated carbocycles. The third-order valence-corrected chi connectivity index (χ3v) is 5.19. The van der Waals surface area contributed by atoms with Crippen molar-refractivity contribution in [1.82, 2.24) is 19.9 Å². The van der Waals surface area contributed by atoms with Gasteiger partial charge in [-0.25, -0.2) is 28.1 Å². The maximum Gasteiger partial charge on any atom is 0.433 e. The van der Waals surface area contributed by atoms with Crippen LogP contribution in [0, 0.1) is 17.5 Å². The number of halogens is 6. The topological polar surface area (TPSA) is 85.0 Å². The van der Waals surface area contributed by atoms with Crippen molar-refractivity contribution in [2.24, 2.45) is 5.73 Å². The number of carbonyl (C=O) groups excluding carboxylic acids is 1. The Morgan fingerprint density at radius 1 is 1.06 bits per heavy atom. The number of benzene rings is 1. The number of aromatic nitrogens is 3. The molecule has 4 rings (SSSR count). The molecule has 0 unspecified atom stereocenters. The molecule has 0 spiro atoms. The summed E-state index contributed by atoms with van der Waals surface area (Å²) in [7, 11) is 0. The standard InChI is InChI=1S/C21H15F6N5O/c22-10-3-14(23)19(15(24)4-10)13-6-16(20(28)33)31-17-8-32(2-1-12(13)17)7-11-5-18(21(25,26)27)30-9-29-11/h3-6,9H,1-2,7-8H2,(H2,28,33). The second-order valence-electron chi connectivity index (χ2n) is 7.44. The normalized spacial score (nSPS) is 14.2. The molecular weight excluding hydrogens is 452 g/mol. The first-order valence-corrected chi connectivity index (χ1v) is 9.61. The summed E-state index contributed by atoms with van der Waals surface area (Å²) in [5.41, 5.74) is 4.31. The Kier molecular flexibility index (Phi) is 5.78. The Balaban J connectivity index is 1.71. The van der Waals surface area contributed by atoms with Crippen LogP contribution in [0.15, 0.2) is 30.6 Å². The lowest BCUT2D eigenvalue weighted by molar-refractivity contribution is -0.141. The third kappa shape index (κ3) is 4.65. The summed E-state index contributed by atoms with van der Waals surface area (Å²) in [6, 6.07) is 3.03. The van der Waals surface area contributed by atoms with E-state index in [1.807, 2.05) is 0 Å². The largest absolute Gasteiger partial charge is 0.433 e. The summed E-state index contributed by atoms with van der Waals surface area (Å²) in [6.07, 6.45) is -3.59. The Labute approximate surface area is 183 Å². The molecular formula is C21H15F6N5O. The van der Waals surface area contributed by atoms with Crippen molar-refractivity contribution in [3.05, 3.63) is 76.4 Å². The summed E-state index contributed by atoms with van der Waals surface area (Å²) in [4.78, 5) is 24.7. The van der Waals surface area contributed by atoms with E-state index in [1.165, 1.54) is 0 Å². The van der Waals surface area contributed by atoms with Gasteiger partial charge in [-0.3, -0.25) is 9.69 Å². The van der Waals surface area contributed by atoms with Crippen LogP contribution in [0.3, 0.4) is 0 Å². The van der Waals surface area contributed by atoms with Gasteiger partial charge in [0.1, 0.15) is 35.2 Å². The van der Waals surface area contributed by atoms with E-state index in [9.17, 15) is 31.1 Å². The zero-order chi connectivity index (χ0) is 23.9. The molecule has 12 heteroatoms. The van der Waals surface area contributed by atoms with E-state index < -0.39 is 40.8 Å². The molecule has 1 aliphatic heterocycles. The van der Waals surface area contributed by atoms with Crippen LogP contribution < -0.4 is 5.73 Å². The monoisotopic (exact) mass is 467 g/mol. The average Bonchev–Trinajstić information content (AvgIpc) is 2.72. The number of nitrogens with zero attached hydrogens (tertiary/aromatic N) is 4. The molecule has 3 aromatic rings. The van der Waals surface area contributed by atoms with Gasteiger partial charge >= 0.3 is 6.18 Å². The smallest absolute Gasteiger partial charge is 0.364 e. The Morgan fingerprint density at radius 3 is 2.39 bits per heavy atom. The van der Waals surface area contributed by atoms with E-state index in [0.717, 1.165) is 18.5 Å². The first kappa shape index (κ1) is 22.6. The molecule has 1 aromatic carbocycles. The van der Waals surface area contributed by atoms with Crippen LogP contribution in [0.25, 0.3) is 11.1 Å². The lowest BCUT2D eigenvalue weighted by Gasteiger charge is -2.29. The molecule has 1 amide bonds. The van der Waals surface area contributed by atoms with E-state index >= 15 is 0 Å². The van der Waals surface area contributed by atoms with E-state index in [1.54, 1.807) is 4.90 Å². The number of rotatable bonds is 4. The van der Waals surface area contributed by atoms with Crippen molar-refractivity contribution in [3.8, 4) is 11.1 Å². The van der Waals surface area contributed by atoms with Crippen LogP contribution in [0.5, 0.6) is 0 Å². The fourth-order valence-corrected chi connectivity index (χ4v) is 3.75. The van der Waals surface area contributed by atoms with Gasteiger partial charge in [-0.15, -0.1) is 0 Å². The van der Waals surface area contributed by atoms with Gasteiger partial charge in [-0.2, -0.15) is 13.2 Å². The molecule has 0 atom stereocenters. The molecule has 1 aliphatic rings. The maximum atomic E-state index is 14.5. The number of pyridine rings is 1. The number of carbonyl (C=O) groups is 1. The van der Waals surface area contributed by atoms with E-state index in [4.69, 9.17) is 5.73 Å². The second-order valence-corrected chi connectivity index (χ2v) is 7.44. The van der Waals surface area contributed by atoms with Gasteiger partial charge in [0.2, 0.25) is 0 Å². The zero-order valence-corrected chi connectivity index (χ0v) is 16.8. The summed E-state index contributed by atoms with van der Waals surface area (Å²) >= 11 is 0. The molecule has 3 heterocycles. The molecule has 0 fully saturated rings. The fraction of sp³-hybridized carbons (Fsp3) is 0.238. The molecule has 33 heavy (non-hydrogen) atoms. The summed E-state index contributed by atoms with van der Waals surface area (Å²) in [5, 5.41) is 0. The molecule has 0 saturated heterocycles. The maximum absolute atomic E-state index is 14.5. The van der Waals surface area contributed by atoms with Gasteiger partial charge in [0, 0.05) is 31.8 Å². The number of hydrogen-bond acceptors (Lipinski definition) is 5. The van der Waals surface area contributed by atoms with Crippen LogP contribution in [0.4, 0.5) is 26.3 Å². The minimum Gasteiger partial charge on any atom is -0.364 e. The highest BCUT2D eigenvalue weighted by Crippen LogP contribution is 2.34. The van der Waals surface area contributed by atoms with Crippen LogP contribution in [0.1, 0.15) is 33.1 Å². The number of fused-ring (bicyclic) bond motifs is 1. The van der Waals surface area contributed by atoms with Gasteiger partial charge in [-0.05, 0) is 29.7 Å². The fourth-order valence-electron chi connectivity index (χ4n) is 3.75. The molecule has 2 aromatic heterocycles. The highest BCUT2D eigenvalue weighted by Gasteiger charge is 2.33. The predicted octanol–water partition coefficient (Wildman–Crippen LogP) is 3.63. The van der Waals surface area contributed by atoms with Crippen molar-refractivity contribution >= 4 is 5.91 Å². The number of hydrogen-bond donors (Lipinski definition) is 1. The highest BCUT2D eigenvalue weighted by molar-refractivity contribution is 5.92. The first-order chi connectivity index (χ1) is 15.5. The van der Waals surface area contributed by atoms with Crippen LogP contribution in [-0.4, -0.2) is 32.3 Å². The summed E-state index contributed by atoms with van der Waals surface area (Å²) in [6.45, 7) is 0.370. The van der Waals surface area contributed by atoms with Gasteiger partial charge < -0.3 is 5.73 Å². The predicted molar refractivity (Wildman–Crippen MR) is 103 cm³/mol. The van der Waals surface area contributed by atoms with Crippen molar-refractivity contribution < 1.29 is 31.1 Å². The van der Waals surface area contributed by atoms with Crippen molar-refractivity contribution in [2.45, 2.75) is 25.7 Å². The van der Waals surface area contributed by atoms with Crippen LogP contribution in [-0.2, 0) is 25.7 Å². The van der Waals surface area contributed by atoms with Gasteiger partial charge in [-0.1, -0.05) is 0 Å². The minimum atomic E-state index is -4.62. The average molecular weight is 467 g/mol. The lowest BCUT2D eigenvalue weighted by atomic mass is 9.92. The Morgan fingerprint density at radius 2 is 1.76 bits per heavy atom. The molecule has 0 bridgehead atoms. The first-order valence-electron chi connectivity index (χ1n) is 9.61. The SMILES string of the molecule is NC(=O)c1cc(-c2c(F)cc(F)cc2F)c2c(n1)CN(Cc1cc(C(F)(F)F)ncn1)CC2. The Bertz CT molecular complexity index is 1220. The lowest BCUT2D eigenvalue weighted by Crippen LogP contribution is -2.32. The van der Waals surface area contributed by atoms with Gasteiger partial charge in [0.05, 0.1) is 17.0 Å². The number of amides is 1. The molecule has 0 aliphatic carbocycles. The second kappa shape index (κ2) is 8.43. The van der Waals surface area contributed by atoms with Gasteiger partial charge in [0.15, 0.2) is 0 Å². The summed E-state index contributed by atoms with van der Waals surface area (Å²) < 4.78 is 81.1. The summed E-state index contributed by atoms with van der Waals surface area (Å²) in [5.74, 6) is -4.34. The van der Waals surface area contributed by atoms with E-state index in [-0.39, 0.29) is 42.2 Å². The quantitative estimate of drug-likeness (QED) is 0.593. The van der Waals surface area contributed by atoms with Crippen LogP contribution in [0.2, 0.25) is 0 Å². The van der Waals surface area contributed by atoms with Gasteiger partial charge in [0.25, 0.3) is 5.91 Å². The highest BCUT2D eigenvalue weighted by atomic mass is 19.4. The molecule has 2 N–H and O–H groups in total.